The monoisotopic (exact) mass is 237 g/mol. The summed E-state index contributed by atoms with van der Waals surface area (Å²) in [6.45, 7) is 0. The van der Waals surface area contributed by atoms with E-state index >= 15 is 0 Å². The van der Waals surface area contributed by atoms with Crippen LogP contribution in [-0.4, -0.2) is 35.1 Å². The second-order valence-electron chi connectivity index (χ2n) is 4.50. The van der Waals surface area contributed by atoms with E-state index in [-0.39, 0.29) is 5.91 Å². The van der Waals surface area contributed by atoms with Crippen molar-refractivity contribution in [3.63, 3.8) is 0 Å². The number of rotatable bonds is 3. The molecule has 0 radical (unpaired) electrons. The van der Waals surface area contributed by atoms with Crippen molar-refractivity contribution >= 4 is 5.91 Å². The molecule has 1 aromatic heterocycles. The minimum absolute atomic E-state index is 0.193. The van der Waals surface area contributed by atoms with Gasteiger partial charge in [0.25, 0.3) is 5.91 Å². The zero-order valence-corrected chi connectivity index (χ0v) is 10.4. The first-order valence-electron chi connectivity index (χ1n) is 6.09. The predicted octanol–water partition coefficient (Wildman–Crippen LogP) is 2.09. The fraction of sp³-hybridized carbons (Fsp3) is 0.667. The third kappa shape index (κ3) is 2.66. The van der Waals surface area contributed by atoms with E-state index in [9.17, 15) is 4.79 Å². The highest BCUT2D eigenvalue weighted by Gasteiger charge is 2.21. The lowest BCUT2D eigenvalue weighted by Gasteiger charge is -2.19. The number of aromatic nitrogens is 2. The fourth-order valence-electron chi connectivity index (χ4n) is 2.28. The maximum atomic E-state index is 11.8. The quantitative estimate of drug-likeness (QED) is 0.819. The van der Waals surface area contributed by atoms with E-state index in [1.54, 1.807) is 13.2 Å². The second-order valence-corrected chi connectivity index (χ2v) is 4.50. The average molecular weight is 237 g/mol. The molecule has 5 heteroatoms. The molecular formula is C12H19N3O2. The van der Waals surface area contributed by atoms with Gasteiger partial charge >= 0.3 is 0 Å². The highest BCUT2D eigenvalue weighted by molar-refractivity contribution is 5.91. The minimum atomic E-state index is -0.193. The van der Waals surface area contributed by atoms with E-state index in [2.05, 4.69) is 9.97 Å². The molecule has 0 spiro atoms. The Morgan fingerprint density at radius 2 is 2.18 bits per heavy atom. The smallest absolute Gasteiger partial charge is 0.295 e. The molecule has 1 aromatic rings. The maximum Gasteiger partial charge on any atom is 0.295 e. The number of H-pyrrole nitrogens is 1. The van der Waals surface area contributed by atoms with E-state index in [0.29, 0.717) is 11.6 Å². The Kier molecular flexibility index (Phi) is 3.78. The van der Waals surface area contributed by atoms with Gasteiger partial charge in [-0.25, -0.2) is 10.0 Å². The molecule has 2 rings (SSSR count). The molecule has 0 saturated heterocycles. The van der Waals surface area contributed by atoms with Crippen LogP contribution in [0.3, 0.4) is 0 Å². The molecule has 1 heterocycles. The van der Waals surface area contributed by atoms with Gasteiger partial charge in [-0.3, -0.25) is 9.63 Å². The largest absolute Gasteiger partial charge is 0.338 e. The molecule has 1 aliphatic rings. The normalized spacial score (nSPS) is 17.1. The van der Waals surface area contributed by atoms with Gasteiger partial charge in [-0.15, -0.1) is 0 Å². The maximum absolute atomic E-state index is 11.8. The van der Waals surface area contributed by atoms with Gasteiger partial charge in [-0.05, 0) is 12.8 Å². The minimum Gasteiger partial charge on any atom is -0.338 e. The zero-order chi connectivity index (χ0) is 12.3. The molecule has 1 saturated carbocycles. The molecule has 17 heavy (non-hydrogen) atoms. The summed E-state index contributed by atoms with van der Waals surface area (Å²) in [4.78, 5) is 24.1. The number of hydroxylamine groups is 2. The van der Waals surface area contributed by atoms with Gasteiger partial charge < -0.3 is 4.98 Å². The molecule has 1 amide bonds. The topological polar surface area (TPSA) is 58.2 Å². The predicted molar refractivity (Wildman–Crippen MR) is 63.5 cm³/mol. The Balaban J connectivity index is 2.07. The van der Waals surface area contributed by atoms with E-state index in [1.165, 1.54) is 44.3 Å². The van der Waals surface area contributed by atoms with E-state index < -0.39 is 0 Å². The van der Waals surface area contributed by atoms with E-state index in [1.807, 2.05) is 0 Å². The number of amides is 1. The molecule has 0 unspecified atom stereocenters. The molecule has 1 N–H and O–H groups in total. The molecular weight excluding hydrogens is 218 g/mol. The van der Waals surface area contributed by atoms with Gasteiger partial charge in [0.05, 0.1) is 13.3 Å². The summed E-state index contributed by atoms with van der Waals surface area (Å²) >= 11 is 0. The molecule has 5 nitrogen and oxygen atoms in total. The van der Waals surface area contributed by atoms with Crippen molar-refractivity contribution in [1.82, 2.24) is 15.0 Å². The molecule has 0 aliphatic heterocycles. The lowest BCUT2D eigenvalue weighted by Crippen LogP contribution is -2.25. The number of carbonyl (C=O) groups is 1. The number of aromatic amines is 1. The first-order valence-corrected chi connectivity index (χ1v) is 6.09. The van der Waals surface area contributed by atoms with Crippen LogP contribution in [0, 0.1) is 0 Å². The summed E-state index contributed by atoms with van der Waals surface area (Å²) in [6, 6.07) is 0. The Bertz CT molecular complexity index is 383. The van der Waals surface area contributed by atoms with Crippen LogP contribution in [-0.2, 0) is 4.84 Å². The zero-order valence-electron chi connectivity index (χ0n) is 10.4. The first kappa shape index (κ1) is 12.1. The van der Waals surface area contributed by atoms with Gasteiger partial charge in [0.1, 0.15) is 11.5 Å². The third-order valence-electron chi connectivity index (χ3n) is 3.38. The van der Waals surface area contributed by atoms with Gasteiger partial charge in [0.2, 0.25) is 0 Å². The van der Waals surface area contributed by atoms with Crippen LogP contribution in [0.25, 0.3) is 0 Å². The van der Waals surface area contributed by atoms with Crippen molar-refractivity contribution in [2.75, 3.05) is 14.2 Å². The van der Waals surface area contributed by atoms with Crippen LogP contribution in [0.2, 0.25) is 0 Å². The van der Waals surface area contributed by atoms with Crippen molar-refractivity contribution in [3.8, 4) is 0 Å². The second kappa shape index (κ2) is 5.31. The van der Waals surface area contributed by atoms with Crippen LogP contribution in [0.4, 0.5) is 0 Å². The molecule has 0 aromatic carbocycles. The van der Waals surface area contributed by atoms with Gasteiger partial charge in [0.15, 0.2) is 0 Å². The van der Waals surface area contributed by atoms with Crippen molar-refractivity contribution in [3.05, 3.63) is 17.7 Å². The average Bonchev–Trinajstić information content (AvgIpc) is 2.87. The summed E-state index contributed by atoms with van der Waals surface area (Å²) in [6.07, 6.45) is 7.76. The summed E-state index contributed by atoms with van der Waals surface area (Å²) in [7, 11) is 3.06. The standard InChI is InChI=1S/C12H19N3O2/c1-15(17-2)12(16)10-8-13-11(14-10)9-6-4-3-5-7-9/h8-9H,3-7H2,1-2H3,(H,13,14). The number of carbonyl (C=O) groups excluding carboxylic acids is 1. The molecule has 0 atom stereocenters. The molecule has 1 fully saturated rings. The number of hydrogen-bond acceptors (Lipinski definition) is 3. The fourth-order valence-corrected chi connectivity index (χ4v) is 2.28. The third-order valence-corrected chi connectivity index (χ3v) is 3.38. The summed E-state index contributed by atoms with van der Waals surface area (Å²) in [5.74, 6) is 1.23. The van der Waals surface area contributed by atoms with Crippen LogP contribution >= 0.6 is 0 Å². The van der Waals surface area contributed by atoms with Crippen molar-refractivity contribution in [1.29, 1.82) is 0 Å². The van der Waals surface area contributed by atoms with Crippen molar-refractivity contribution < 1.29 is 9.63 Å². The summed E-state index contributed by atoms with van der Waals surface area (Å²) in [5, 5.41) is 1.19. The summed E-state index contributed by atoms with van der Waals surface area (Å²) in [5.41, 5.74) is 0.495. The molecule has 94 valence electrons. The van der Waals surface area contributed by atoms with E-state index in [0.717, 1.165) is 5.82 Å². The van der Waals surface area contributed by atoms with Crippen LogP contribution in [0.15, 0.2) is 6.20 Å². The Labute approximate surface area is 101 Å². The van der Waals surface area contributed by atoms with Crippen LogP contribution < -0.4 is 0 Å². The lowest BCUT2D eigenvalue weighted by atomic mass is 9.89. The number of nitrogens with zero attached hydrogens (tertiary/aromatic N) is 2. The van der Waals surface area contributed by atoms with Gasteiger partial charge in [0, 0.05) is 13.0 Å². The van der Waals surface area contributed by atoms with Crippen molar-refractivity contribution in [2.24, 2.45) is 0 Å². The number of imidazole rings is 1. The highest BCUT2D eigenvalue weighted by Crippen LogP contribution is 2.30. The summed E-state index contributed by atoms with van der Waals surface area (Å²) < 4.78 is 0. The lowest BCUT2D eigenvalue weighted by molar-refractivity contribution is -0.0760. The van der Waals surface area contributed by atoms with Crippen molar-refractivity contribution in [2.45, 2.75) is 38.0 Å². The van der Waals surface area contributed by atoms with Gasteiger partial charge in [-0.1, -0.05) is 19.3 Å². The van der Waals surface area contributed by atoms with E-state index in [4.69, 9.17) is 4.84 Å². The Morgan fingerprint density at radius 1 is 1.47 bits per heavy atom. The van der Waals surface area contributed by atoms with Crippen LogP contribution in [0.1, 0.15) is 54.3 Å². The first-order chi connectivity index (χ1) is 8.22. The molecule has 0 bridgehead atoms. The Hall–Kier alpha value is -1.36. The Morgan fingerprint density at radius 3 is 2.82 bits per heavy atom. The SMILES string of the molecule is CON(C)C(=O)c1cnc(C2CCCCC2)[nH]1. The number of hydrogen-bond donors (Lipinski definition) is 1. The highest BCUT2D eigenvalue weighted by atomic mass is 16.7. The van der Waals surface area contributed by atoms with Crippen LogP contribution in [0.5, 0.6) is 0 Å². The van der Waals surface area contributed by atoms with Gasteiger partial charge in [-0.2, -0.15) is 0 Å². The number of nitrogens with one attached hydrogen (secondary N) is 1. The molecule has 1 aliphatic carbocycles.